The second kappa shape index (κ2) is 4.15. The van der Waals surface area contributed by atoms with E-state index < -0.39 is 0 Å². The lowest BCUT2D eigenvalue weighted by Crippen LogP contribution is -2.37. The molecule has 0 aromatic heterocycles. The Hall–Kier alpha value is -1.35. The Balaban J connectivity index is 1.87. The minimum Gasteiger partial charge on any atom is -0.472 e. The van der Waals surface area contributed by atoms with Crippen molar-refractivity contribution in [3.63, 3.8) is 0 Å². The molecule has 0 saturated heterocycles. The standard InChI is InChI=1S/C14H18N2O/c1-9-4-2-3-5-11(9)14-16-12-8-10(15)6-7-13(12)17-14/h2-5,10,12-13H,6-8,15H2,1H3. The zero-order valence-corrected chi connectivity index (χ0v) is 10.1. The van der Waals surface area contributed by atoms with Crippen LogP contribution in [-0.2, 0) is 4.74 Å². The summed E-state index contributed by atoms with van der Waals surface area (Å²) in [7, 11) is 0. The topological polar surface area (TPSA) is 47.6 Å². The first-order valence-electron chi connectivity index (χ1n) is 6.30. The summed E-state index contributed by atoms with van der Waals surface area (Å²) in [6.07, 6.45) is 3.30. The van der Waals surface area contributed by atoms with Crippen LogP contribution in [0.5, 0.6) is 0 Å². The summed E-state index contributed by atoms with van der Waals surface area (Å²) in [5, 5.41) is 0. The Kier molecular flexibility index (Phi) is 2.63. The van der Waals surface area contributed by atoms with Gasteiger partial charge >= 0.3 is 0 Å². The number of benzene rings is 1. The summed E-state index contributed by atoms with van der Waals surface area (Å²) in [6.45, 7) is 2.09. The Morgan fingerprint density at radius 1 is 1.29 bits per heavy atom. The van der Waals surface area contributed by atoms with Gasteiger partial charge < -0.3 is 10.5 Å². The maximum Gasteiger partial charge on any atom is 0.217 e. The molecule has 1 heterocycles. The molecule has 3 nitrogen and oxygen atoms in total. The van der Waals surface area contributed by atoms with Crippen LogP contribution in [-0.4, -0.2) is 24.1 Å². The van der Waals surface area contributed by atoms with Gasteiger partial charge in [0, 0.05) is 11.6 Å². The van der Waals surface area contributed by atoms with Crippen molar-refractivity contribution >= 4 is 5.90 Å². The molecule has 0 radical (unpaired) electrons. The minimum absolute atomic E-state index is 0.254. The molecule has 1 saturated carbocycles. The van der Waals surface area contributed by atoms with Crippen molar-refractivity contribution in [2.75, 3.05) is 0 Å². The fraction of sp³-hybridized carbons (Fsp3) is 0.500. The van der Waals surface area contributed by atoms with Crippen LogP contribution in [0.15, 0.2) is 29.3 Å². The number of hydrogen-bond donors (Lipinski definition) is 1. The summed E-state index contributed by atoms with van der Waals surface area (Å²) in [5.74, 6) is 0.812. The molecule has 1 aliphatic heterocycles. The molecule has 17 heavy (non-hydrogen) atoms. The zero-order chi connectivity index (χ0) is 11.8. The molecule has 1 fully saturated rings. The predicted molar refractivity (Wildman–Crippen MR) is 68.2 cm³/mol. The smallest absolute Gasteiger partial charge is 0.217 e. The van der Waals surface area contributed by atoms with Crippen molar-refractivity contribution < 1.29 is 4.74 Å². The maximum absolute atomic E-state index is 5.98. The quantitative estimate of drug-likeness (QED) is 0.802. The van der Waals surface area contributed by atoms with Crippen molar-refractivity contribution in [2.45, 2.75) is 44.4 Å². The van der Waals surface area contributed by atoms with Gasteiger partial charge in [0.25, 0.3) is 0 Å². The summed E-state index contributed by atoms with van der Waals surface area (Å²) >= 11 is 0. The fourth-order valence-corrected chi connectivity index (χ4v) is 2.69. The van der Waals surface area contributed by atoms with Gasteiger partial charge in [0.15, 0.2) is 0 Å². The molecular weight excluding hydrogens is 212 g/mol. The molecule has 1 aromatic rings. The van der Waals surface area contributed by atoms with E-state index in [0.717, 1.165) is 30.7 Å². The number of aryl methyl sites for hydroxylation is 1. The van der Waals surface area contributed by atoms with Crippen LogP contribution >= 0.6 is 0 Å². The summed E-state index contributed by atoms with van der Waals surface area (Å²) in [4.78, 5) is 4.71. The molecule has 3 heteroatoms. The van der Waals surface area contributed by atoms with Crippen LogP contribution in [0, 0.1) is 6.92 Å². The van der Waals surface area contributed by atoms with Gasteiger partial charge in [0.2, 0.25) is 5.90 Å². The number of aliphatic imine (C=N–C) groups is 1. The van der Waals surface area contributed by atoms with Gasteiger partial charge in [-0.3, -0.25) is 0 Å². The molecule has 1 aliphatic carbocycles. The van der Waals surface area contributed by atoms with Gasteiger partial charge in [0.1, 0.15) is 6.10 Å². The van der Waals surface area contributed by atoms with Gasteiger partial charge in [-0.2, -0.15) is 0 Å². The van der Waals surface area contributed by atoms with Crippen LogP contribution in [0.25, 0.3) is 0 Å². The van der Waals surface area contributed by atoms with E-state index in [1.54, 1.807) is 0 Å². The lowest BCUT2D eigenvalue weighted by molar-refractivity contribution is 0.145. The van der Waals surface area contributed by atoms with Crippen molar-refractivity contribution in [2.24, 2.45) is 10.7 Å². The van der Waals surface area contributed by atoms with Crippen LogP contribution in [0.3, 0.4) is 0 Å². The van der Waals surface area contributed by atoms with Gasteiger partial charge in [-0.1, -0.05) is 18.2 Å². The Morgan fingerprint density at radius 2 is 2.12 bits per heavy atom. The van der Waals surface area contributed by atoms with E-state index in [4.69, 9.17) is 15.5 Å². The average Bonchev–Trinajstić information content (AvgIpc) is 2.72. The number of nitrogens with two attached hydrogens (primary N) is 1. The summed E-state index contributed by atoms with van der Waals surface area (Å²) < 4.78 is 5.98. The molecule has 0 bridgehead atoms. The first-order chi connectivity index (χ1) is 8.24. The van der Waals surface area contributed by atoms with E-state index in [1.807, 2.05) is 12.1 Å². The van der Waals surface area contributed by atoms with Crippen molar-refractivity contribution in [3.8, 4) is 0 Å². The van der Waals surface area contributed by atoms with Crippen LogP contribution in [0.4, 0.5) is 0 Å². The number of hydrogen-bond acceptors (Lipinski definition) is 3. The van der Waals surface area contributed by atoms with E-state index in [9.17, 15) is 0 Å². The second-order valence-electron chi connectivity index (χ2n) is 5.05. The Bertz CT molecular complexity index is 455. The van der Waals surface area contributed by atoms with Crippen molar-refractivity contribution in [1.82, 2.24) is 0 Å². The third-order valence-corrected chi connectivity index (χ3v) is 3.72. The van der Waals surface area contributed by atoms with E-state index in [1.165, 1.54) is 5.56 Å². The highest BCUT2D eigenvalue weighted by Crippen LogP contribution is 2.30. The van der Waals surface area contributed by atoms with Gasteiger partial charge in [-0.25, -0.2) is 4.99 Å². The highest BCUT2D eigenvalue weighted by Gasteiger charge is 2.36. The first kappa shape index (κ1) is 10.8. The fourth-order valence-electron chi connectivity index (χ4n) is 2.69. The van der Waals surface area contributed by atoms with E-state index >= 15 is 0 Å². The Labute approximate surface area is 102 Å². The molecule has 90 valence electrons. The number of rotatable bonds is 1. The number of ether oxygens (including phenoxy) is 1. The zero-order valence-electron chi connectivity index (χ0n) is 10.1. The van der Waals surface area contributed by atoms with Crippen LogP contribution < -0.4 is 5.73 Å². The highest BCUT2D eigenvalue weighted by atomic mass is 16.5. The molecule has 0 spiro atoms. The van der Waals surface area contributed by atoms with Gasteiger partial charge in [-0.05, 0) is 37.8 Å². The second-order valence-corrected chi connectivity index (χ2v) is 5.05. The minimum atomic E-state index is 0.254. The van der Waals surface area contributed by atoms with Crippen molar-refractivity contribution in [3.05, 3.63) is 35.4 Å². The van der Waals surface area contributed by atoms with E-state index in [0.29, 0.717) is 6.04 Å². The lowest BCUT2D eigenvalue weighted by atomic mass is 9.90. The normalized spacial score (nSPS) is 31.6. The Morgan fingerprint density at radius 3 is 2.94 bits per heavy atom. The van der Waals surface area contributed by atoms with Crippen molar-refractivity contribution in [1.29, 1.82) is 0 Å². The highest BCUT2D eigenvalue weighted by molar-refractivity contribution is 5.96. The largest absolute Gasteiger partial charge is 0.472 e. The molecule has 2 aliphatic rings. The summed E-state index contributed by atoms with van der Waals surface area (Å²) in [6, 6.07) is 8.80. The monoisotopic (exact) mass is 230 g/mol. The first-order valence-corrected chi connectivity index (χ1v) is 6.30. The van der Waals surface area contributed by atoms with E-state index in [2.05, 4.69) is 19.1 Å². The SMILES string of the molecule is Cc1ccccc1C1=NC2CC(N)CCC2O1. The molecule has 0 amide bonds. The van der Waals surface area contributed by atoms with Gasteiger partial charge in [0.05, 0.1) is 6.04 Å². The number of nitrogens with zero attached hydrogens (tertiary/aromatic N) is 1. The molecule has 3 atom stereocenters. The molecule has 3 rings (SSSR count). The lowest BCUT2D eigenvalue weighted by Gasteiger charge is -2.26. The third-order valence-electron chi connectivity index (χ3n) is 3.72. The third kappa shape index (κ3) is 1.95. The average molecular weight is 230 g/mol. The van der Waals surface area contributed by atoms with Gasteiger partial charge in [-0.15, -0.1) is 0 Å². The molecule has 1 aromatic carbocycles. The number of fused-ring (bicyclic) bond motifs is 1. The summed E-state index contributed by atoms with van der Waals surface area (Å²) in [5.41, 5.74) is 8.32. The molecular formula is C14H18N2O. The van der Waals surface area contributed by atoms with Crippen LogP contribution in [0.2, 0.25) is 0 Å². The predicted octanol–water partition coefficient (Wildman–Crippen LogP) is 2.02. The van der Waals surface area contributed by atoms with E-state index in [-0.39, 0.29) is 12.1 Å². The van der Waals surface area contributed by atoms with Crippen LogP contribution in [0.1, 0.15) is 30.4 Å². The molecule has 2 N–H and O–H groups in total. The maximum atomic E-state index is 5.98. The molecule has 3 unspecified atom stereocenters.